The normalized spacial score (nSPS) is 12.6. The number of methoxy groups -OCH3 is 2. The first-order valence-corrected chi connectivity index (χ1v) is 5.54. The summed E-state index contributed by atoms with van der Waals surface area (Å²) in [7, 11) is 3.28. The standard InChI is InChI=1S/C12H18ClNO2/c1-8-4-12(16-3)11(13)5-10(8)9(6-14)7-15-2/h4-5,9H,6-7,14H2,1-3H3. The van der Waals surface area contributed by atoms with Crippen LogP contribution in [0.1, 0.15) is 17.0 Å². The van der Waals surface area contributed by atoms with Gasteiger partial charge >= 0.3 is 0 Å². The summed E-state index contributed by atoms with van der Waals surface area (Å²) in [6, 6.07) is 3.84. The molecule has 0 saturated heterocycles. The Morgan fingerprint density at radius 2 is 2.06 bits per heavy atom. The summed E-state index contributed by atoms with van der Waals surface area (Å²) in [5.74, 6) is 0.865. The molecule has 0 spiro atoms. The number of hydrogen-bond donors (Lipinski definition) is 1. The molecule has 0 radical (unpaired) electrons. The Morgan fingerprint density at radius 1 is 1.38 bits per heavy atom. The fourth-order valence-electron chi connectivity index (χ4n) is 1.75. The van der Waals surface area contributed by atoms with E-state index in [9.17, 15) is 0 Å². The first-order chi connectivity index (χ1) is 7.63. The quantitative estimate of drug-likeness (QED) is 0.864. The molecule has 0 aromatic heterocycles. The molecule has 1 rings (SSSR count). The first-order valence-electron chi connectivity index (χ1n) is 5.17. The highest BCUT2D eigenvalue weighted by atomic mass is 35.5. The van der Waals surface area contributed by atoms with E-state index in [2.05, 4.69) is 0 Å². The van der Waals surface area contributed by atoms with E-state index in [-0.39, 0.29) is 5.92 Å². The lowest BCUT2D eigenvalue weighted by Gasteiger charge is -2.18. The first kappa shape index (κ1) is 13.3. The lowest BCUT2D eigenvalue weighted by molar-refractivity contribution is 0.181. The van der Waals surface area contributed by atoms with Crippen molar-refractivity contribution in [2.75, 3.05) is 27.4 Å². The zero-order chi connectivity index (χ0) is 12.1. The van der Waals surface area contributed by atoms with Gasteiger partial charge in [-0.05, 0) is 30.2 Å². The van der Waals surface area contributed by atoms with E-state index >= 15 is 0 Å². The van der Waals surface area contributed by atoms with Gasteiger partial charge < -0.3 is 15.2 Å². The molecule has 1 atom stereocenters. The molecule has 0 bridgehead atoms. The van der Waals surface area contributed by atoms with Crippen molar-refractivity contribution in [3.8, 4) is 5.75 Å². The fraction of sp³-hybridized carbons (Fsp3) is 0.500. The number of aryl methyl sites for hydroxylation is 1. The molecule has 0 aliphatic rings. The second-order valence-electron chi connectivity index (χ2n) is 3.73. The zero-order valence-electron chi connectivity index (χ0n) is 9.92. The van der Waals surface area contributed by atoms with Gasteiger partial charge in [-0.1, -0.05) is 11.6 Å². The van der Waals surface area contributed by atoms with Crippen LogP contribution in [-0.4, -0.2) is 27.4 Å². The molecule has 16 heavy (non-hydrogen) atoms. The van der Waals surface area contributed by atoms with Crippen LogP contribution >= 0.6 is 11.6 Å². The monoisotopic (exact) mass is 243 g/mol. The van der Waals surface area contributed by atoms with Gasteiger partial charge in [-0.2, -0.15) is 0 Å². The predicted molar refractivity (Wildman–Crippen MR) is 66.4 cm³/mol. The Bertz CT molecular complexity index is 355. The second kappa shape index (κ2) is 6.09. The van der Waals surface area contributed by atoms with Gasteiger partial charge in [-0.25, -0.2) is 0 Å². The van der Waals surface area contributed by atoms with Gasteiger partial charge in [0.1, 0.15) is 5.75 Å². The van der Waals surface area contributed by atoms with E-state index in [4.69, 9.17) is 26.8 Å². The summed E-state index contributed by atoms with van der Waals surface area (Å²) in [4.78, 5) is 0. The number of rotatable bonds is 5. The zero-order valence-corrected chi connectivity index (χ0v) is 10.7. The van der Waals surface area contributed by atoms with Gasteiger partial charge in [-0.15, -0.1) is 0 Å². The third kappa shape index (κ3) is 2.88. The number of ether oxygens (including phenoxy) is 2. The molecular formula is C12H18ClNO2. The Morgan fingerprint density at radius 3 is 2.56 bits per heavy atom. The summed E-state index contributed by atoms with van der Waals surface area (Å²) in [5.41, 5.74) is 7.97. The van der Waals surface area contributed by atoms with Crippen molar-refractivity contribution in [2.45, 2.75) is 12.8 Å². The Labute approximate surface area is 101 Å². The SMILES string of the molecule is COCC(CN)c1cc(Cl)c(OC)cc1C. The van der Waals surface area contributed by atoms with Crippen molar-refractivity contribution in [1.29, 1.82) is 0 Å². The molecule has 0 amide bonds. The molecule has 0 saturated carbocycles. The highest BCUT2D eigenvalue weighted by molar-refractivity contribution is 6.32. The third-order valence-corrected chi connectivity index (χ3v) is 2.93. The third-order valence-electron chi connectivity index (χ3n) is 2.63. The van der Waals surface area contributed by atoms with Crippen molar-refractivity contribution in [1.82, 2.24) is 0 Å². The van der Waals surface area contributed by atoms with Gasteiger partial charge in [-0.3, -0.25) is 0 Å². The minimum atomic E-state index is 0.174. The molecule has 0 heterocycles. The van der Waals surface area contributed by atoms with Gasteiger partial charge in [0, 0.05) is 19.6 Å². The highest BCUT2D eigenvalue weighted by Gasteiger charge is 2.14. The topological polar surface area (TPSA) is 44.5 Å². The molecule has 1 unspecified atom stereocenters. The summed E-state index contributed by atoms with van der Waals surface area (Å²) in [5, 5.41) is 0.609. The van der Waals surface area contributed by atoms with Crippen molar-refractivity contribution in [2.24, 2.45) is 5.73 Å². The summed E-state index contributed by atoms with van der Waals surface area (Å²) in [6.45, 7) is 3.16. The summed E-state index contributed by atoms with van der Waals surface area (Å²) < 4.78 is 10.3. The maximum atomic E-state index is 6.10. The van der Waals surface area contributed by atoms with Crippen LogP contribution in [-0.2, 0) is 4.74 Å². The molecule has 90 valence electrons. The van der Waals surface area contributed by atoms with Crippen LogP contribution in [0.15, 0.2) is 12.1 Å². The maximum Gasteiger partial charge on any atom is 0.137 e. The van der Waals surface area contributed by atoms with E-state index in [1.165, 1.54) is 0 Å². The highest BCUT2D eigenvalue weighted by Crippen LogP contribution is 2.31. The average molecular weight is 244 g/mol. The van der Waals surface area contributed by atoms with Crippen LogP contribution in [0, 0.1) is 6.92 Å². The number of nitrogens with two attached hydrogens (primary N) is 1. The number of halogens is 1. The number of hydrogen-bond acceptors (Lipinski definition) is 3. The summed E-state index contributed by atoms with van der Waals surface area (Å²) in [6.07, 6.45) is 0. The summed E-state index contributed by atoms with van der Waals surface area (Å²) >= 11 is 6.10. The molecule has 0 aliphatic heterocycles. The van der Waals surface area contributed by atoms with Gasteiger partial charge in [0.05, 0.1) is 18.7 Å². The van der Waals surface area contributed by atoms with Crippen LogP contribution in [0.4, 0.5) is 0 Å². The maximum absolute atomic E-state index is 6.10. The lowest BCUT2D eigenvalue weighted by atomic mass is 9.95. The van der Waals surface area contributed by atoms with E-state index < -0.39 is 0 Å². The van der Waals surface area contributed by atoms with E-state index in [0.29, 0.717) is 23.9 Å². The minimum Gasteiger partial charge on any atom is -0.495 e. The Kier molecular flexibility index (Phi) is 5.06. The van der Waals surface area contributed by atoms with Crippen LogP contribution in [0.25, 0.3) is 0 Å². The molecule has 2 N–H and O–H groups in total. The van der Waals surface area contributed by atoms with Crippen LogP contribution in [0.5, 0.6) is 5.75 Å². The number of benzene rings is 1. The minimum absolute atomic E-state index is 0.174. The van der Waals surface area contributed by atoms with Crippen molar-refractivity contribution in [3.05, 3.63) is 28.3 Å². The van der Waals surface area contributed by atoms with E-state index in [1.807, 2.05) is 19.1 Å². The van der Waals surface area contributed by atoms with Crippen LogP contribution < -0.4 is 10.5 Å². The molecule has 1 aromatic rings. The van der Waals surface area contributed by atoms with Gasteiger partial charge in [0.2, 0.25) is 0 Å². The van der Waals surface area contributed by atoms with E-state index in [0.717, 1.165) is 11.1 Å². The average Bonchev–Trinajstić information content (AvgIpc) is 2.28. The van der Waals surface area contributed by atoms with Gasteiger partial charge in [0.25, 0.3) is 0 Å². The lowest BCUT2D eigenvalue weighted by Crippen LogP contribution is -2.18. The molecule has 3 nitrogen and oxygen atoms in total. The van der Waals surface area contributed by atoms with Crippen molar-refractivity contribution in [3.63, 3.8) is 0 Å². The predicted octanol–water partition coefficient (Wildman–Crippen LogP) is 2.35. The van der Waals surface area contributed by atoms with Crippen molar-refractivity contribution < 1.29 is 9.47 Å². The molecular weight excluding hydrogens is 226 g/mol. The Hall–Kier alpha value is -0.770. The van der Waals surface area contributed by atoms with Crippen molar-refractivity contribution >= 4 is 11.6 Å². The van der Waals surface area contributed by atoms with Gasteiger partial charge in [0.15, 0.2) is 0 Å². The smallest absolute Gasteiger partial charge is 0.137 e. The molecule has 0 aliphatic carbocycles. The molecule has 1 aromatic carbocycles. The Balaban J connectivity index is 3.08. The second-order valence-corrected chi connectivity index (χ2v) is 4.14. The fourth-order valence-corrected chi connectivity index (χ4v) is 2.00. The largest absolute Gasteiger partial charge is 0.495 e. The van der Waals surface area contributed by atoms with Crippen LogP contribution in [0.3, 0.4) is 0 Å². The van der Waals surface area contributed by atoms with E-state index in [1.54, 1.807) is 14.2 Å². The molecule has 0 fully saturated rings. The molecule has 4 heteroatoms. The van der Waals surface area contributed by atoms with Crippen LogP contribution in [0.2, 0.25) is 5.02 Å².